The van der Waals surface area contributed by atoms with Gasteiger partial charge in [0, 0.05) is 50.3 Å². The maximum absolute atomic E-state index is 13.6. The Morgan fingerprint density at radius 3 is 2.90 bits per heavy atom. The van der Waals surface area contributed by atoms with Gasteiger partial charge in [-0.2, -0.15) is 0 Å². The number of pyridine rings is 1. The number of aliphatic hydroxyl groups is 1. The van der Waals surface area contributed by atoms with Crippen molar-refractivity contribution in [1.82, 2.24) is 15.2 Å². The van der Waals surface area contributed by atoms with Crippen molar-refractivity contribution in [2.75, 3.05) is 25.1 Å². The highest BCUT2D eigenvalue weighted by atomic mass is 16.5. The number of ether oxygens (including phenoxy) is 1. The number of carbonyl (C=O) groups is 2. The molecule has 3 unspecified atom stereocenters. The Bertz CT molecular complexity index is 1230. The van der Waals surface area contributed by atoms with Gasteiger partial charge in [-0.1, -0.05) is 38.0 Å². The first-order chi connectivity index (χ1) is 18.9. The van der Waals surface area contributed by atoms with E-state index in [2.05, 4.69) is 40.8 Å². The van der Waals surface area contributed by atoms with Gasteiger partial charge >= 0.3 is 0 Å². The number of carbonyl (C=O) groups excluding carboxylic acids is 2. The molecular weight excluding hydrogens is 494 g/mol. The van der Waals surface area contributed by atoms with E-state index in [9.17, 15) is 14.7 Å². The average molecular weight is 534 g/mol. The fourth-order valence-electron chi connectivity index (χ4n) is 6.98. The minimum atomic E-state index is -0.761. The van der Waals surface area contributed by atoms with E-state index in [0.29, 0.717) is 38.9 Å². The molecule has 0 aromatic carbocycles. The van der Waals surface area contributed by atoms with E-state index in [4.69, 9.17) is 9.73 Å². The fourth-order valence-corrected chi connectivity index (χ4v) is 6.98. The summed E-state index contributed by atoms with van der Waals surface area (Å²) in [6.45, 7) is 3.20. The van der Waals surface area contributed by atoms with E-state index in [0.717, 1.165) is 55.7 Å². The highest BCUT2D eigenvalue weighted by Crippen LogP contribution is 2.54. The Labute approximate surface area is 229 Å². The van der Waals surface area contributed by atoms with E-state index >= 15 is 0 Å². The van der Waals surface area contributed by atoms with Crippen LogP contribution in [-0.2, 0) is 19.7 Å². The van der Waals surface area contributed by atoms with Crippen LogP contribution < -0.4 is 10.6 Å². The predicted octanol–water partition coefficient (Wildman–Crippen LogP) is 3.36. The maximum atomic E-state index is 13.6. The van der Waals surface area contributed by atoms with Gasteiger partial charge in [-0.05, 0) is 49.3 Å². The third-order valence-electron chi connectivity index (χ3n) is 9.11. The van der Waals surface area contributed by atoms with E-state index in [-0.39, 0.29) is 24.4 Å². The molecule has 5 aliphatic rings. The number of hydrogen-bond donors (Lipinski definition) is 3. The van der Waals surface area contributed by atoms with Crippen molar-refractivity contribution in [2.45, 2.75) is 94.4 Å². The topological polar surface area (TPSA) is 116 Å². The first kappa shape index (κ1) is 26.2. The summed E-state index contributed by atoms with van der Waals surface area (Å²) in [5.74, 6) is 1.29. The van der Waals surface area contributed by atoms with Gasteiger partial charge in [0.05, 0.1) is 5.41 Å². The number of hydrogen-bond acceptors (Lipinski definition) is 7. The van der Waals surface area contributed by atoms with E-state index in [1.54, 1.807) is 11.1 Å². The quantitative estimate of drug-likeness (QED) is 0.463. The van der Waals surface area contributed by atoms with Crippen molar-refractivity contribution < 1.29 is 19.4 Å². The Kier molecular flexibility index (Phi) is 7.05. The third kappa shape index (κ3) is 4.69. The number of anilines is 1. The highest BCUT2D eigenvalue weighted by molar-refractivity contribution is 6.10. The second-order valence-electron chi connectivity index (χ2n) is 11.6. The largest absolute Gasteiger partial charge is 0.381 e. The van der Waals surface area contributed by atoms with Crippen molar-refractivity contribution in [3.63, 3.8) is 0 Å². The molecular formula is C30H39N5O4. The number of amidine groups is 1. The van der Waals surface area contributed by atoms with Crippen LogP contribution in [0.25, 0.3) is 0 Å². The van der Waals surface area contributed by atoms with Crippen LogP contribution in [0.1, 0.15) is 76.7 Å². The second kappa shape index (κ2) is 10.5. The maximum Gasteiger partial charge on any atom is 0.256 e. The molecule has 3 atom stereocenters. The van der Waals surface area contributed by atoms with Crippen LogP contribution in [-0.4, -0.2) is 70.2 Å². The lowest BCUT2D eigenvalue weighted by molar-refractivity contribution is -0.137. The van der Waals surface area contributed by atoms with Gasteiger partial charge in [0.2, 0.25) is 5.91 Å². The molecule has 2 fully saturated rings. The summed E-state index contributed by atoms with van der Waals surface area (Å²) in [6.07, 6.45) is 13.5. The summed E-state index contributed by atoms with van der Waals surface area (Å²) < 4.78 is 5.51. The zero-order chi connectivity index (χ0) is 27.0. The molecule has 0 radical (unpaired) electrons. The van der Waals surface area contributed by atoms with Crippen molar-refractivity contribution in [3.05, 3.63) is 47.2 Å². The van der Waals surface area contributed by atoms with Gasteiger partial charge in [0.25, 0.3) is 5.91 Å². The molecule has 9 heteroatoms. The van der Waals surface area contributed by atoms with Crippen LogP contribution in [0.15, 0.2) is 46.6 Å². The molecule has 1 saturated heterocycles. The molecule has 1 aromatic heterocycles. The van der Waals surface area contributed by atoms with E-state index in [1.165, 1.54) is 11.1 Å². The molecule has 2 amide bonds. The number of unbranched alkanes of at least 4 members (excludes halogenated alkanes) is 2. The number of nitrogens with zero attached hydrogens (tertiary/aromatic N) is 3. The lowest BCUT2D eigenvalue weighted by Gasteiger charge is -2.29. The van der Waals surface area contributed by atoms with Crippen LogP contribution in [0.3, 0.4) is 0 Å². The molecule has 6 rings (SSSR count). The summed E-state index contributed by atoms with van der Waals surface area (Å²) in [7, 11) is 0. The highest BCUT2D eigenvalue weighted by Gasteiger charge is 2.52. The Morgan fingerprint density at radius 2 is 2.08 bits per heavy atom. The molecule has 2 spiro atoms. The average Bonchev–Trinajstić information content (AvgIpc) is 3.45. The Morgan fingerprint density at radius 1 is 1.26 bits per heavy atom. The van der Waals surface area contributed by atoms with Crippen LogP contribution in [0.5, 0.6) is 0 Å². The molecule has 39 heavy (non-hydrogen) atoms. The number of nitrogens with one attached hydrogen (secondary N) is 2. The Hall–Kier alpha value is -3.04. The monoisotopic (exact) mass is 533 g/mol. The lowest BCUT2D eigenvalue weighted by atomic mass is 9.79. The summed E-state index contributed by atoms with van der Waals surface area (Å²) in [5, 5.41) is 17.3. The van der Waals surface area contributed by atoms with Crippen LogP contribution >= 0.6 is 0 Å². The molecule has 3 aliphatic heterocycles. The third-order valence-corrected chi connectivity index (χ3v) is 9.11. The molecule has 1 aromatic rings. The summed E-state index contributed by atoms with van der Waals surface area (Å²) in [6, 6.07) is 3.84. The normalized spacial score (nSPS) is 28.9. The summed E-state index contributed by atoms with van der Waals surface area (Å²) >= 11 is 0. The first-order valence-electron chi connectivity index (χ1n) is 14.5. The van der Waals surface area contributed by atoms with Crippen molar-refractivity contribution in [3.8, 4) is 0 Å². The number of aromatic nitrogens is 1. The molecule has 208 valence electrons. The van der Waals surface area contributed by atoms with Gasteiger partial charge in [0.1, 0.15) is 30.0 Å². The summed E-state index contributed by atoms with van der Waals surface area (Å²) in [5.41, 5.74) is 2.28. The van der Waals surface area contributed by atoms with Gasteiger partial charge < -0.3 is 20.5 Å². The standard InChI is InChI=1S/C30H39N5O4/c1-2-3-4-10-24-34-30(11-14-39-15-12-30)28(38)35(24)19-25(36)32-22-8-5-7-20-17-29(18-21(20)16-22)23-9-6-13-31-26(23)33-27(29)37/h6-7,9,13,16,22,27,37H,2-5,8,10-12,14-15,17-19H2,1H3,(H,31,33)(H,32,36). The Balaban J connectivity index is 1.15. The van der Waals surface area contributed by atoms with Gasteiger partial charge in [-0.3, -0.25) is 19.5 Å². The van der Waals surface area contributed by atoms with Gasteiger partial charge in [0.15, 0.2) is 0 Å². The first-order valence-corrected chi connectivity index (χ1v) is 14.5. The number of aliphatic imine (C=N–C) groups is 1. The van der Waals surface area contributed by atoms with Gasteiger partial charge in [-0.15, -0.1) is 0 Å². The number of allylic oxidation sites excluding steroid dienone is 3. The van der Waals surface area contributed by atoms with Crippen LogP contribution in [0.4, 0.5) is 5.82 Å². The van der Waals surface area contributed by atoms with Gasteiger partial charge in [-0.25, -0.2) is 4.98 Å². The van der Waals surface area contributed by atoms with Crippen LogP contribution in [0, 0.1) is 0 Å². The summed E-state index contributed by atoms with van der Waals surface area (Å²) in [4.78, 5) is 37.9. The number of fused-ring (bicyclic) bond motifs is 3. The molecule has 9 nitrogen and oxygen atoms in total. The minimum Gasteiger partial charge on any atom is -0.381 e. The fraction of sp³-hybridized carbons (Fsp3) is 0.600. The number of rotatable bonds is 7. The molecule has 3 N–H and O–H groups in total. The molecule has 0 bridgehead atoms. The SMILES string of the molecule is CCCCCC1=NC2(CCOCC2)C(=O)N1CC(=O)NC1C=C2CC3(CC2=CCC1)c1cccnc1NC3O. The van der Waals surface area contributed by atoms with E-state index in [1.807, 2.05) is 6.07 Å². The zero-order valence-corrected chi connectivity index (χ0v) is 22.7. The zero-order valence-electron chi connectivity index (χ0n) is 22.7. The number of aliphatic hydroxyl groups excluding tert-OH is 1. The number of amides is 2. The molecule has 2 aliphatic carbocycles. The molecule has 1 saturated carbocycles. The van der Waals surface area contributed by atoms with Crippen molar-refractivity contribution >= 4 is 23.5 Å². The van der Waals surface area contributed by atoms with E-state index < -0.39 is 17.2 Å². The second-order valence-corrected chi connectivity index (χ2v) is 11.6. The smallest absolute Gasteiger partial charge is 0.256 e. The van der Waals surface area contributed by atoms with Crippen molar-refractivity contribution in [1.29, 1.82) is 0 Å². The van der Waals surface area contributed by atoms with Crippen LogP contribution in [0.2, 0.25) is 0 Å². The molecule has 4 heterocycles. The van der Waals surface area contributed by atoms with Crippen molar-refractivity contribution in [2.24, 2.45) is 4.99 Å². The minimum absolute atomic E-state index is 0.00201. The lowest BCUT2D eigenvalue weighted by Crippen LogP contribution is -2.49. The predicted molar refractivity (Wildman–Crippen MR) is 148 cm³/mol.